The number of aromatic nitrogens is 1. The lowest BCUT2D eigenvalue weighted by atomic mass is 9.99. The average Bonchev–Trinajstić information content (AvgIpc) is 3.12. The molecule has 0 fully saturated rings. The van der Waals surface area contributed by atoms with Gasteiger partial charge in [0.25, 0.3) is 0 Å². The highest BCUT2D eigenvalue weighted by Gasteiger charge is 2.13. The fourth-order valence-electron chi connectivity index (χ4n) is 3.76. The number of benzene rings is 3. The van der Waals surface area contributed by atoms with Gasteiger partial charge in [0.05, 0.1) is 5.69 Å². The first-order valence-corrected chi connectivity index (χ1v) is 10.5. The van der Waals surface area contributed by atoms with E-state index in [-0.39, 0.29) is 0 Å². The molecule has 0 atom stereocenters. The van der Waals surface area contributed by atoms with E-state index in [1.54, 1.807) is 0 Å². The van der Waals surface area contributed by atoms with Gasteiger partial charge in [-0.3, -0.25) is 4.98 Å². The van der Waals surface area contributed by atoms with Crippen LogP contribution in [0.25, 0.3) is 42.6 Å². The van der Waals surface area contributed by atoms with E-state index < -0.39 is 0 Å². The number of hydrogen-bond donors (Lipinski definition) is 0. The molecular formula is C26H21NS. The van der Waals surface area contributed by atoms with Gasteiger partial charge in [0.1, 0.15) is 0 Å². The summed E-state index contributed by atoms with van der Waals surface area (Å²) in [5.74, 6) is 0.497. The van der Waals surface area contributed by atoms with Crippen LogP contribution in [0.15, 0.2) is 85.1 Å². The van der Waals surface area contributed by atoms with E-state index in [1.165, 1.54) is 42.4 Å². The maximum absolute atomic E-state index is 4.68. The first kappa shape index (κ1) is 17.2. The van der Waals surface area contributed by atoms with E-state index in [1.807, 2.05) is 17.5 Å². The van der Waals surface area contributed by atoms with Crippen molar-refractivity contribution in [3.05, 3.63) is 90.6 Å². The molecular weight excluding hydrogens is 358 g/mol. The summed E-state index contributed by atoms with van der Waals surface area (Å²) in [5.41, 5.74) is 6.13. The Hall–Kier alpha value is -2.97. The van der Waals surface area contributed by atoms with E-state index in [2.05, 4.69) is 97.7 Å². The van der Waals surface area contributed by atoms with Crippen LogP contribution in [0.4, 0.5) is 0 Å². The van der Waals surface area contributed by atoms with Crippen LogP contribution in [-0.2, 0) is 0 Å². The molecule has 0 amide bonds. The van der Waals surface area contributed by atoms with Crippen molar-refractivity contribution in [1.29, 1.82) is 0 Å². The second-order valence-corrected chi connectivity index (χ2v) is 8.54. The Morgan fingerprint density at radius 3 is 2.43 bits per heavy atom. The first-order valence-electron chi connectivity index (χ1n) is 9.68. The Morgan fingerprint density at radius 1 is 0.750 bits per heavy atom. The average molecular weight is 380 g/mol. The lowest BCUT2D eigenvalue weighted by Crippen LogP contribution is -1.90. The number of pyridine rings is 1. The van der Waals surface area contributed by atoms with Gasteiger partial charge in [-0.15, -0.1) is 11.3 Å². The monoisotopic (exact) mass is 379 g/mol. The minimum atomic E-state index is 0.497. The molecule has 0 aliphatic heterocycles. The highest BCUT2D eigenvalue weighted by atomic mass is 32.1. The number of hydrogen-bond acceptors (Lipinski definition) is 2. The van der Waals surface area contributed by atoms with Crippen LogP contribution in [0.3, 0.4) is 0 Å². The van der Waals surface area contributed by atoms with Crippen molar-refractivity contribution in [3.63, 3.8) is 0 Å². The Kier molecular flexibility index (Phi) is 4.22. The second kappa shape index (κ2) is 6.88. The standard InChI is InChI=1S/C26H21NS/c1-17(2)19-13-14-27-24(16-19)22-10-6-9-21-23-15-20(18-7-4-3-5-8-18)11-12-25(23)28-26(21)22/h3-17H,1-2H3. The highest BCUT2D eigenvalue weighted by Crippen LogP contribution is 2.41. The predicted molar refractivity (Wildman–Crippen MR) is 122 cm³/mol. The van der Waals surface area contributed by atoms with Crippen LogP contribution >= 0.6 is 11.3 Å². The van der Waals surface area contributed by atoms with Gasteiger partial charge < -0.3 is 0 Å². The first-order chi connectivity index (χ1) is 13.7. The van der Waals surface area contributed by atoms with Crippen LogP contribution in [-0.4, -0.2) is 4.98 Å². The molecule has 0 aliphatic rings. The molecule has 5 aromatic rings. The summed E-state index contributed by atoms with van der Waals surface area (Å²) in [6.07, 6.45) is 1.93. The molecule has 0 radical (unpaired) electrons. The van der Waals surface area contributed by atoms with Gasteiger partial charge in [-0.25, -0.2) is 0 Å². The zero-order valence-electron chi connectivity index (χ0n) is 16.0. The van der Waals surface area contributed by atoms with E-state index in [4.69, 9.17) is 0 Å². The highest BCUT2D eigenvalue weighted by molar-refractivity contribution is 7.26. The lowest BCUT2D eigenvalue weighted by Gasteiger charge is -2.08. The summed E-state index contributed by atoms with van der Waals surface area (Å²) in [7, 11) is 0. The SMILES string of the molecule is CC(C)c1ccnc(-c2cccc3c2sc2ccc(-c4ccccc4)cc23)c1. The normalized spacial score (nSPS) is 11.5. The zero-order valence-corrected chi connectivity index (χ0v) is 16.8. The van der Waals surface area contributed by atoms with Crippen molar-refractivity contribution in [1.82, 2.24) is 4.98 Å². The van der Waals surface area contributed by atoms with Crippen LogP contribution in [0.5, 0.6) is 0 Å². The van der Waals surface area contributed by atoms with Crippen LogP contribution in [0, 0.1) is 0 Å². The Morgan fingerprint density at radius 2 is 1.61 bits per heavy atom. The molecule has 0 saturated heterocycles. The third-order valence-electron chi connectivity index (χ3n) is 5.33. The topological polar surface area (TPSA) is 12.9 Å². The molecule has 0 N–H and O–H groups in total. The Bertz CT molecular complexity index is 1280. The quantitative estimate of drug-likeness (QED) is 0.310. The minimum absolute atomic E-state index is 0.497. The number of thiophene rings is 1. The summed E-state index contributed by atoms with van der Waals surface area (Å²) in [5, 5.41) is 2.63. The van der Waals surface area contributed by atoms with Crippen molar-refractivity contribution >= 4 is 31.5 Å². The smallest absolute Gasteiger partial charge is 0.0719 e. The molecule has 5 rings (SSSR count). The number of rotatable bonds is 3. The van der Waals surface area contributed by atoms with Crippen LogP contribution in [0.2, 0.25) is 0 Å². The van der Waals surface area contributed by atoms with Crippen molar-refractivity contribution in [2.24, 2.45) is 0 Å². The van der Waals surface area contributed by atoms with Gasteiger partial charge in [-0.2, -0.15) is 0 Å². The van der Waals surface area contributed by atoms with Gasteiger partial charge in [0, 0.05) is 31.9 Å². The summed E-state index contributed by atoms with van der Waals surface area (Å²) in [6.45, 7) is 4.45. The lowest BCUT2D eigenvalue weighted by molar-refractivity contribution is 0.864. The summed E-state index contributed by atoms with van der Waals surface area (Å²) < 4.78 is 2.64. The predicted octanol–water partition coefficient (Wildman–Crippen LogP) is 7.91. The molecule has 0 aliphatic carbocycles. The Balaban J connectivity index is 1.72. The Labute approximate surface area is 169 Å². The van der Waals surface area contributed by atoms with E-state index >= 15 is 0 Å². The number of nitrogens with zero attached hydrogens (tertiary/aromatic N) is 1. The fraction of sp³-hybridized carbons (Fsp3) is 0.115. The van der Waals surface area contributed by atoms with Crippen molar-refractivity contribution in [3.8, 4) is 22.4 Å². The molecule has 0 bridgehead atoms. The molecule has 0 spiro atoms. The molecule has 0 saturated carbocycles. The molecule has 0 unspecified atom stereocenters. The van der Waals surface area contributed by atoms with E-state index in [0.717, 1.165) is 5.69 Å². The molecule has 2 heteroatoms. The third-order valence-corrected chi connectivity index (χ3v) is 6.55. The van der Waals surface area contributed by atoms with Crippen LogP contribution in [0.1, 0.15) is 25.3 Å². The van der Waals surface area contributed by atoms with Crippen molar-refractivity contribution < 1.29 is 0 Å². The van der Waals surface area contributed by atoms with Gasteiger partial charge in [-0.1, -0.05) is 68.4 Å². The van der Waals surface area contributed by atoms with Gasteiger partial charge >= 0.3 is 0 Å². The second-order valence-electron chi connectivity index (χ2n) is 7.49. The van der Waals surface area contributed by atoms with Gasteiger partial charge in [-0.05, 0) is 46.9 Å². The summed E-state index contributed by atoms with van der Waals surface area (Å²) >= 11 is 1.86. The summed E-state index contributed by atoms with van der Waals surface area (Å²) in [4.78, 5) is 4.68. The van der Waals surface area contributed by atoms with Gasteiger partial charge in [0.15, 0.2) is 0 Å². The maximum atomic E-state index is 4.68. The third kappa shape index (κ3) is 2.90. The molecule has 28 heavy (non-hydrogen) atoms. The fourth-order valence-corrected chi connectivity index (χ4v) is 4.97. The largest absolute Gasteiger partial charge is 0.256 e. The van der Waals surface area contributed by atoms with Crippen molar-refractivity contribution in [2.45, 2.75) is 19.8 Å². The number of fused-ring (bicyclic) bond motifs is 3. The van der Waals surface area contributed by atoms with E-state index in [9.17, 15) is 0 Å². The minimum Gasteiger partial charge on any atom is -0.256 e. The maximum Gasteiger partial charge on any atom is 0.0719 e. The van der Waals surface area contributed by atoms with E-state index in [0.29, 0.717) is 5.92 Å². The molecule has 136 valence electrons. The molecule has 1 nitrogen and oxygen atoms in total. The van der Waals surface area contributed by atoms with Gasteiger partial charge in [0.2, 0.25) is 0 Å². The zero-order chi connectivity index (χ0) is 19.1. The van der Waals surface area contributed by atoms with Crippen LogP contribution < -0.4 is 0 Å². The molecule has 2 heterocycles. The molecule has 2 aromatic heterocycles. The van der Waals surface area contributed by atoms with Crippen molar-refractivity contribution in [2.75, 3.05) is 0 Å². The summed E-state index contributed by atoms with van der Waals surface area (Å²) in [6, 6.07) is 28.3. The molecule has 3 aromatic carbocycles.